The summed E-state index contributed by atoms with van der Waals surface area (Å²) in [5.41, 5.74) is 11.8. The Hall–Kier alpha value is -4.08. The van der Waals surface area contributed by atoms with Gasteiger partial charge in [-0.05, 0) is 31.2 Å². The van der Waals surface area contributed by atoms with Gasteiger partial charge in [0.05, 0.1) is 16.0 Å². The minimum atomic E-state index is -0.843. The zero-order chi connectivity index (χ0) is 19.7. The third kappa shape index (κ3) is 3.35. The fraction of sp³-hybridized carbons (Fsp3) is 0.0588. The molecule has 0 aliphatic rings. The first-order valence-corrected chi connectivity index (χ1v) is 7.71. The van der Waals surface area contributed by atoms with Gasteiger partial charge >= 0.3 is 6.03 Å². The predicted molar refractivity (Wildman–Crippen MR) is 97.9 cm³/mol. The number of carbonyl (C=O) groups is 2. The van der Waals surface area contributed by atoms with Crippen LogP contribution in [-0.2, 0) is 0 Å². The Labute approximate surface area is 152 Å². The summed E-state index contributed by atoms with van der Waals surface area (Å²) in [6, 6.07) is 8.02. The zero-order valence-electron chi connectivity index (χ0n) is 14.1. The Morgan fingerprint density at radius 3 is 2.37 bits per heavy atom. The number of non-ortho nitro benzene ring substituents is 1. The molecule has 0 bridgehead atoms. The summed E-state index contributed by atoms with van der Waals surface area (Å²) in [5.74, 6) is 0.230. The van der Waals surface area contributed by atoms with Crippen molar-refractivity contribution >= 4 is 34.3 Å². The van der Waals surface area contributed by atoms with Crippen LogP contribution >= 0.6 is 0 Å². The van der Waals surface area contributed by atoms with Crippen LogP contribution in [0.5, 0.6) is 11.5 Å². The molecule has 3 rings (SSSR count). The van der Waals surface area contributed by atoms with Gasteiger partial charge in [0.2, 0.25) is 0 Å². The number of carbonyl (C=O) groups excluding carboxylic acids is 2. The fourth-order valence-corrected chi connectivity index (χ4v) is 2.73. The molecule has 0 aliphatic heterocycles. The smallest absolute Gasteiger partial charge is 0.317 e. The maximum atomic E-state index is 11.8. The second kappa shape index (κ2) is 6.67. The van der Waals surface area contributed by atoms with Gasteiger partial charge in [-0.3, -0.25) is 20.2 Å². The number of aryl methyl sites for hydroxylation is 1. The van der Waals surface area contributed by atoms with Crippen molar-refractivity contribution in [3.8, 4) is 11.5 Å². The maximum Gasteiger partial charge on any atom is 0.317 e. The number of hydrogen-bond donors (Lipinski definition) is 4. The Morgan fingerprint density at radius 1 is 1.15 bits per heavy atom. The van der Waals surface area contributed by atoms with Crippen molar-refractivity contribution in [3.63, 3.8) is 0 Å². The second-order valence-corrected chi connectivity index (χ2v) is 5.69. The van der Waals surface area contributed by atoms with E-state index < -0.39 is 16.9 Å². The van der Waals surface area contributed by atoms with Gasteiger partial charge < -0.3 is 21.2 Å². The number of nitrogens with two attached hydrogens (primary N) is 2. The minimum absolute atomic E-state index is 0.0489. The summed E-state index contributed by atoms with van der Waals surface area (Å²) in [6.45, 7) is 1.75. The molecule has 0 saturated heterocycles. The normalized spacial score (nSPS) is 10.6. The van der Waals surface area contributed by atoms with Crippen molar-refractivity contribution in [1.82, 2.24) is 4.98 Å². The standard InChI is InChI=1S/C17H15N5O5/c1-8-12(27-10-4-2-9(3-5-10)22(25)26)7-6-11-13(15(18)23)16(20-14(8)11)21-17(19)24/h2-7,20H,1H3,(H2,18,23)(H3,19,21,24). The highest BCUT2D eigenvalue weighted by Gasteiger charge is 2.20. The van der Waals surface area contributed by atoms with Crippen molar-refractivity contribution in [2.24, 2.45) is 11.5 Å². The van der Waals surface area contributed by atoms with Crippen LogP contribution in [0.2, 0.25) is 0 Å². The lowest BCUT2D eigenvalue weighted by atomic mass is 10.1. The van der Waals surface area contributed by atoms with Gasteiger partial charge in [0.1, 0.15) is 17.3 Å². The first-order chi connectivity index (χ1) is 12.8. The van der Waals surface area contributed by atoms with E-state index in [9.17, 15) is 19.7 Å². The van der Waals surface area contributed by atoms with Gasteiger partial charge in [0.15, 0.2) is 0 Å². The monoisotopic (exact) mass is 369 g/mol. The van der Waals surface area contributed by atoms with Gasteiger partial charge in [-0.2, -0.15) is 0 Å². The first-order valence-electron chi connectivity index (χ1n) is 7.71. The number of nitrogens with one attached hydrogen (secondary N) is 2. The van der Waals surface area contributed by atoms with E-state index in [4.69, 9.17) is 16.2 Å². The molecule has 27 heavy (non-hydrogen) atoms. The molecule has 138 valence electrons. The van der Waals surface area contributed by atoms with Crippen molar-refractivity contribution in [2.75, 3.05) is 5.32 Å². The maximum absolute atomic E-state index is 11.8. The van der Waals surface area contributed by atoms with E-state index in [1.807, 2.05) is 0 Å². The molecule has 0 spiro atoms. The van der Waals surface area contributed by atoms with E-state index in [0.717, 1.165) is 0 Å². The third-order valence-electron chi connectivity index (χ3n) is 3.95. The van der Waals surface area contributed by atoms with E-state index in [0.29, 0.717) is 28.0 Å². The SMILES string of the molecule is Cc1c(Oc2ccc([N+](=O)[O-])cc2)ccc2c(C(N)=O)c(NC(N)=O)[nH]c12. The molecular formula is C17H15N5O5. The first kappa shape index (κ1) is 17.7. The van der Waals surface area contributed by atoms with Crippen LogP contribution in [0.3, 0.4) is 0 Å². The van der Waals surface area contributed by atoms with E-state index in [1.54, 1.807) is 19.1 Å². The number of rotatable bonds is 5. The van der Waals surface area contributed by atoms with E-state index in [-0.39, 0.29) is 17.1 Å². The van der Waals surface area contributed by atoms with Crippen LogP contribution in [0.15, 0.2) is 36.4 Å². The van der Waals surface area contributed by atoms with Crippen molar-refractivity contribution in [2.45, 2.75) is 6.92 Å². The predicted octanol–water partition coefficient (Wildman–Crippen LogP) is 2.77. The molecule has 0 radical (unpaired) electrons. The summed E-state index contributed by atoms with van der Waals surface area (Å²) in [5, 5.41) is 13.6. The quantitative estimate of drug-likeness (QED) is 0.400. The number of hydrogen-bond acceptors (Lipinski definition) is 5. The molecule has 0 aliphatic carbocycles. The van der Waals surface area contributed by atoms with Crippen LogP contribution in [0.4, 0.5) is 16.3 Å². The van der Waals surface area contributed by atoms with Crippen LogP contribution in [0.25, 0.3) is 10.9 Å². The van der Waals surface area contributed by atoms with Crippen LogP contribution in [0.1, 0.15) is 15.9 Å². The number of ether oxygens (including phenoxy) is 1. The van der Waals surface area contributed by atoms with Gasteiger partial charge in [0.25, 0.3) is 11.6 Å². The highest BCUT2D eigenvalue weighted by Crippen LogP contribution is 2.35. The molecule has 0 atom stereocenters. The lowest BCUT2D eigenvalue weighted by Gasteiger charge is -2.09. The minimum Gasteiger partial charge on any atom is -0.457 e. The van der Waals surface area contributed by atoms with Gasteiger partial charge in [-0.15, -0.1) is 0 Å². The molecule has 3 aromatic rings. The van der Waals surface area contributed by atoms with Gasteiger partial charge in [0, 0.05) is 23.1 Å². The number of fused-ring (bicyclic) bond motifs is 1. The second-order valence-electron chi connectivity index (χ2n) is 5.69. The fourth-order valence-electron chi connectivity index (χ4n) is 2.73. The molecule has 0 fully saturated rings. The van der Waals surface area contributed by atoms with E-state index in [2.05, 4.69) is 10.3 Å². The molecule has 0 saturated carbocycles. The molecule has 1 aromatic heterocycles. The van der Waals surface area contributed by atoms with Gasteiger partial charge in [-0.1, -0.05) is 0 Å². The molecular weight excluding hydrogens is 354 g/mol. The number of nitro groups is 1. The molecule has 10 heteroatoms. The number of amides is 3. The summed E-state index contributed by atoms with van der Waals surface area (Å²) >= 11 is 0. The highest BCUT2D eigenvalue weighted by atomic mass is 16.6. The van der Waals surface area contributed by atoms with Crippen molar-refractivity contribution < 1.29 is 19.2 Å². The zero-order valence-corrected chi connectivity index (χ0v) is 14.1. The summed E-state index contributed by atoms with van der Waals surface area (Å²) in [6.07, 6.45) is 0. The number of aromatic nitrogens is 1. The number of anilines is 1. The lowest BCUT2D eigenvalue weighted by molar-refractivity contribution is -0.384. The average molecular weight is 369 g/mol. The third-order valence-corrected chi connectivity index (χ3v) is 3.95. The number of aromatic amines is 1. The van der Waals surface area contributed by atoms with E-state index >= 15 is 0 Å². The number of H-pyrrole nitrogens is 1. The average Bonchev–Trinajstić information content (AvgIpc) is 2.96. The molecule has 10 nitrogen and oxygen atoms in total. The molecule has 2 aromatic carbocycles. The Morgan fingerprint density at radius 2 is 1.81 bits per heavy atom. The number of primary amides is 2. The van der Waals surface area contributed by atoms with Crippen LogP contribution in [0, 0.1) is 17.0 Å². The Balaban J connectivity index is 2.03. The number of nitro benzene ring substituents is 1. The van der Waals surface area contributed by atoms with Gasteiger partial charge in [-0.25, -0.2) is 4.79 Å². The van der Waals surface area contributed by atoms with Crippen LogP contribution < -0.4 is 21.5 Å². The lowest BCUT2D eigenvalue weighted by Crippen LogP contribution is -2.22. The molecule has 6 N–H and O–H groups in total. The number of benzene rings is 2. The highest BCUT2D eigenvalue weighted by molar-refractivity contribution is 6.13. The van der Waals surface area contributed by atoms with Crippen LogP contribution in [-0.4, -0.2) is 21.8 Å². The summed E-state index contributed by atoms with van der Waals surface area (Å²) in [4.78, 5) is 36.1. The molecule has 0 unspecified atom stereocenters. The summed E-state index contributed by atoms with van der Waals surface area (Å²) in [7, 11) is 0. The molecule has 3 amide bonds. The molecule has 1 heterocycles. The Bertz CT molecular complexity index is 1070. The largest absolute Gasteiger partial charge is 0.457 e. The Kier molecular flexibility index (Phi) is 4.38. The van der Waals surface area contributed by atoms with E-state index in [1.165, 1.54) is 24.3 Å². The van der Waals surface area contributed by atoms with Crippen molar-refractivity contribution in [3.05, 3.63) is 57.6 Å². The number of urea groups is 1. The van der Waals surface area contributed by atoms with Crippen molar-refractivity contribution in [1.29, 1.82) is 0 Å². The summed E-state index contributed by atoms with van der Waals surface area (Å²) < 4.78 is 5.77. The topological polar surface area (TPSA) is 166 Å². The number of nitrogens with zero attached hydrogens (tertiary/aromatic N) is 1.